The van der Waals surface area contributed by atoms with Crippen molar-refractivity contribution in [1.82, 2.24) is 5.32 Å². The Kier molecular flexibility index (Phi) is 4.64. The van der Waals surface area contributed by atoms with Crippen molar-refractivity contribution in [3.63, 3.8) is 0 Å². The molecular weight excluding hydrogens is 316 g/mol. The van der Waals surface area contributed by atoms with E-state index < -0.39 is 0 Å². The minimum atomic E-state index is 0.311. The second kappa shape index (κ2) is 6.46. The molecule has 0 spiro atoms. The van der Waals surface area contributed by atoms with Gasteiger partial charge in [0.25, 0.3) is 0 Å². The number of hydrogen-bond donors (Lipinski definition) is 1. The fourth-order valence-electron chi connectivity index (χ4n) is 2.76. The van der Waals surface area contributed by atoms with E-state index in [0.29, 0.717) is 6.10 Å². The standard InChI is InChI=1S/C16H23BrN2O/c1-12-11-19(7-2-8-20-12)16-6-3-14(17)9-13(16)10-18-15-4-5-15/h3,6,9,12,15,18H,2,4-5,7-8,10-11H2,1H3. The van der Waals surface area contributed by atoms with E-state index >= 15 is 0 Å². The first-order chi connectivity index (χ1) is 9.72. The molecular formula is C16H23BrN2O. The predicted molar refractivity (Wildman–Crippen MR) is 86.2 cm³/mol. The van der Waals surface area contributed by atoms with Crippen molar-refractivity contribution in [3.8, 4) is 0 Å². The lowest BCUT2D eigenvalue weighted by atomic mass is 10.1. The van der Waals surface area contributed by atoms with E-state index in [4.69, 9.17) is 4.74 Å². The van der Waals surface area contributed by atoms with Crippen LogP contribution in [0.1, 0.15) is 31.7 Å². The van der Waals surface area contributed by atoms with Gasteiger partial charge in [0.1, 0.15) is 0 Å². The van der Waals surface area contributed by atoms with Gasteiger partial charge in [-0.1, -0.05) is 15.9 Å². The number of hydrogen-bond acceptors (Lipinski definition) is 3. The van der Waals surface area contributed by atoms with E-state index in [1.54, 1.807) is 0 Å². The van der Waals surface area contributed by atoms with Crippen LogP contribution in [0.15, 0.2) is 22.7 Å². The molecule has 1 heterocycles. The number of rotatable bonds is 4. The highest BCUT2D eigenvalue weighted by atomic mass is 79.9. The summed E-state index contributed by atoms with van der Waals surface area (Å²) in [4.78, 5) is 2.48. The van der Waals surface area contributed by atoms with Crippen molar-refractivity contribution in [1.29, 1.82) is 0 Å². The highest BCUT2D eigenvalue weighted by Crippen LogP contribution is 2.28. The van der Waals surface area contributed by atoms with E-state index in [1.165, 1.54) is 24.1 Å². The molecule has 1 saturated carbocycles. The van der Waals surface area contributed by atoms with E-state index in [1.807, 2.05) is 0 Å². The van der Waals surface area contributed by atoms with Crippen LogP contribution in [0.2, 0.25) is 0 Å². The van der Waals surface area contributed by atoms with Crippen molar-refractivity contribution in [2.45, 2.75) is 44.9 Å². The maximum absolute atomic E-state index is 5.76. The van der Waals surface area contributed by atoms with Crippen LogP contribution in [-0.4, -0.2) is 31.8 Å². The highest BCUT2D eigenvalue weighted by Gasteiger charge is 2.22. The molecule has 1 atom stereocenters. The summed E-state index contributed by atoms with van der Waals surface area (Å²) >= 11 is 3.60. The van der Waals surface area contributed by atoms with Gasteiger partial charge >= 0.3 is 0 Å². The van der Waals surface area contributed by atoms with E-state index in [-0.39, 0.29) is 0 Å². The predicted octanol–water partition coefficient (Wildman–Crippen LogP) is 3.32. The zero-order valence-corrected chi connectivity index (χ0v) is 13.7. The van der Waals surface area contributed by atoms with Crippen LogP contribution in [0.5, 0.6) is 0 Å². The van der Waals surface area contributed by atoms with E-state index in [2.05, 4.69) is 51.3 Å². The summed E-state index contributed by atoms with van der Waals surface area (Å²) in [7, 11) is 0. The Labute approximate surface area is 129 Å². The second-order valence-corrected chi connectivity index (χ2v) is 6.82. The van der Waals surface area contributed by atoms with Gasteiger partial charge in [0.15, 0.2) is 0 Å². The quantitative estimate of drug-likeness (QED) is 0.911. The zero-order chi connectivity index (χ0) is 13.9. The molecule has 1 aliphatic heterocycles. The molecule has 0 radical (unpaired) electrons. The van der Waals surface area contributed by atoms with Gasteiger partial charge in [0, 0.05) is 42.4 Å². The lowest BCUT2D eigenvalue weighted by Crippen LogP contribution is -2.31. The molecule has 110 valence electrons. The van der Waals surface area contributed by atoms with Crippen molar-refractivity contribution < 1.29 is 4.74 Å². The van der Waals surface area contributed by atoms with Crippen LogP contribution >= 0.6 is 15.9 Å². The number of anilines is 1. The average molecular weight is 339 g/mol. The molecule has 0 aromatic heterocycles. The summed E-state index contributed by atoms with van der Waals surface area (Å²) in [5.74, 6) is 0. The largest absolute Gasteiger partial charge is 0.377 e. The third kappa shape index (κ3) is 3.74. The van der Waals surface area contributed by atoms with Crippen LogP contribution < -0.4 is 10.2 Å². The Morgan fingerprint density at radius 1 is 1.40 bits per heavy atom. The molecule has 1 aliphatic carbocycles. The molecule has 1 aromatic carbocycles. The summed E-state index contributed by atoms with van der Waals surface area (Å²) in [5.41, 5.74) is 2.75. The number of nitrogens with one attached hydrogen (secondary N) is 1. The first kappa shape index (κ1) is 14.4. The Morgan fingerprint density at radius 3 is 3.05 bits per heavy atom. The minimum Gasteiger partial charge on any atom is -0.377 e. The molecule has 0 bridgehead atoms. The van der Waals surface area contributed by atoms with Gasteiger partial charge in [-0.25, -0.2) is 0 Å². The number of ether oxygens (including phenoxy) is 1. The summed E-state index contributed by atoms with van der Waals surface area (Å²) in [6.45, 7) is 6.08. The fraction of sp³-hybridized carbons (Fsp3) is 0.625. The maximum atomic E-state index is 5.76. The molecule has 1 N–H and O–H groups in total. The van der Waals surface area contributed by atoms with Crippen LogP contribution in [0, 0.1) is 0 Å². The molecule has 0 amide bonds. The molecule has 4 heteroatoms. The first-order valence-corrected chi connectivity index (χ1v) is 8.40. The van der Waals surface area contributed by atoms with Gasteiger partial charge in [0.2, 0.25) is 0 Å². The van der Waals surface area contributed by atoms with E-state index in [0.717, 1.165) is 43.2 Å². The Hall–Kier alpha value is -0.580. The summed E-state index contributed by atoms with van der Waals surface area (Å²) in [5, 5.41) is 3.63. The van der Waals surface area contributed by atoms with Gasteiger partial charge in [0.05, 0.1) is 6.10 Å². The van der Waals surface area contributed by atoms with Gasteiger partial charge in [-0.2, -0.15) is 0 Å². The molecule has 2 fully saturated rings. The SMILES string of the molecule is CC1CN(c2ccc(Br)cc2CNC2CC2)CCCO1. The van der Waals surface area contributed by atoms with Crippen molar-refractivity contribution in [2.24, 2.45) is 0 Å². The smallest absolute Gasteiger partial charge is 0.0721 e. The van der Waals surface area contributed by atoms with Crippen molar-refractivity contribution in [3.05, 3.63) is 28.2 Å². The molecule has 1 aromatic rings. The van der Waals surface area contributed by atoms with Crippen LogP contribution in [-0.2, 0) is 11.3 Å². The Bertz CT molecular complexity index is 462. The molecule has 20 heavy (non-hydrogen) atoms. The van der Waals surface area contributed by atoms with Crippen LogP contribution in [0.4, 0.5) is 5.69 Å². The number of halogens is 1. The average Bonchev–Trinajstić information content (AvgIpc) is 3.24. The summed E-state index contributed by atoms with van der Waals surface area (Å²) in [6, 6.07) is 7.38. The molecule has 2 aliphatic rings. The molecule has 3 nitrogen and oxygen atoms in total. The second-order valence-electron chi connectivity index (χ2n) is 5.91. The minimum absolute atomic E-state index is 0.311. The van der Waals surface area contributed by atoms with Crippen LogP contribution in [0.3, 0.4) is 0 Å². The topological polar surface area (TPSA) is 24.5 Å². The van der Waals surface area contributed by atoms with E-state index in [9.17, 15) is 0 Å². The van der Waals surface area contributed by atoms with Gasteiger partial charge in [-0.3, -0.25) is 0 Å². The lowest BCUT2D eigenvalue weighted by Gasteiger charge is -2.27. The zero-order valence-electron chi connectivity index (χ0n) is 12.1. The van der Waals surface area contributed by atoms with Crippen LogP contribution in [0.25, 0.3) is 0 Å². The Morgan fingerprint density at radius 2 is 2.25 bits per heavy atom. The monoisotopic (exact) mass is 338 g/mol. The molecule has 1 unspecified atom stereocenters. The number of benzene rings is 1. The summed E-state index contributed by atoms with van der Waals surface area (Å²) < 4.78 is 6.92. The fourth-order valence-corrected chi connectivity index (χ4v) is 3.17. The molecule has 1 saturated heterocycles. The van der Waals surface area contributed by atoms with Gasteiger partial charge < -0.3 is 15.0 Å². The molecule has 3 rings (SSSR count). The third-order valence-electron chi connectivity index (χ3n) is 3.99. The Balaban J connectivity index is 1.78. The van der Waals surface area contributed by atoms with Gasteiger partial charge in [-0.05, 0) is 49.9 Å². The number of nitrogens with zero attached hydrogens (tertiary/aromatic N) is 1. The lowest BCUT2D eigenvalue weighted by molar-refractivity contribution is 0.0821. The summed E-state index contributed by atoms with van der Waals surface area (Å²) in [6.07, 6.45) is 4.08. The van der Waals surface area contributed by atoms with Gasteiger partial charge in [-0.15, -0.1) is 0 Å². The van der Waals surface area contributed by atoms with Crippen molar-refractivity contribution in [2.75, 3.05) is 24.6 Å². The highest BCUT2D eigenvalue weighted by molar-refractivity contribution is 9.10. The normalized spacial score (nSPS) is 23.7. The first-order valence-electron chi connectivity index (χ1n) is 7.61. The maximum Gasteiger partial charge on any atom is 0.0721 e. The van der Waals surface area contributed by atoms with Crippen molar-refractivity contribution >= 4 is 21.6 Å². The third-order valence-corrected chi connectivity index (χ3v) is 4.49.